The van der Waals surface area contributed by atoms with Crippen LogP contribution in [0.3, 0.4) is 0 Å². The van der Waals surface area contributed by atoms with Crippen molar-refractivity contribution >= 4 is 48.4 Å². The van der Waals surface area contributed by atoms with Crippen LogP contribution in [-0.2, 0) is 0 Å². The normalized spacial score (nSPS) is 19.6. The predicted octanol–water partition coefficient (Wildman–Crippen LogP) is 4.24. The Kier molecular flexibility index (Phi) is 4.29. The molecule has 1 unspecified atom stereocenters. The molecule has 0 bridgehead atoms. The van der Waals surface area contributed by atoms with E-state index in [4.69, 9.17) is 15.0 Å². The van der Waals surface area contributed by atoms with E-state index in [1.54, 1.807) is 22.7 Å². The van der Waals surface area contributed by atoms with E-state index in [1.165, 1.54) is 0 Å². The number of H-pyrrole nitrogens is 2. The van der Waals surface area contributed by atoms with Gasteiger partial charge >= 0.3 is 0 Å². The third kappa shape index (κ3) is 3.08. The van der Waals surface area contributed by atoms with Gasteiger partial charge in [-0.1, -0.05) is 22.7 Å². The predicted molar refractivity (Wildman–Crippen MR) is 122 cm³/mol. The van der Waals surface area contributed by atoms with Gasteiger partial charge in [0.05, 0.1) is 11.7 Å². The second-order valence-electron chi connectivity index (χ2n) is 7.64. The molecule has 30 heavy (non-hydrogen) atoms. The smallest absolute Gasteiger partial charge is 0.186 e. The first-order valence-corrected chi connectivity index (χ1v) is 11.6. The second kappa shape index (κ2) is 7.15. The third-order valence-corrected chi connectivity index (χ3v) is 7.50. The quantitative estimate of drug-likeness (QED) is 0.336. The molecule has 6 rings (SSSR count). The minimum absolute atomic E-state index is 0.469. The Morgan fingerprint density at radius 2 is 2.10 bits per heavy atom. The summed E-state index contributed by atoms with van der Waals surface area (Å²) in [7, 11) is 0. The first-order valence-electron chi connectivity index (χ1n) is 9.97. The number of aromatic amines is 2. The number of anilines is 1. The standard InChI is InChI=1S/C20H20N8S2/c1-10-6-12(2-4-21-10)26-20-28-19-18(30-20)27-17(29-19)16-15-13(3-5-22-15)14(9-23-16)11-7-24-25-8-11/h3,5,7-10,12,21-22H,2,4,6H2,1H3,(H,24,25)(H,26,28)/t10-,12?/m0/s1. The summed E-state index contributed by atoms with van der Waals surface area (Å²) < 4.78 is 0. The molecule has 0 amide bonds. The van der Waals surface area contributed by atoms with Gasteiger partial charge < -0.3 is 15.6 Å². The molecule has 0 spiro atoms. The van der Waals surface area contributed by atoms with Gasteiger partial charge in [0, 0.05) is 47.2 Å². The van der Waals surface area contributed by atoms with Gasteiger partial charge in [0.25, 0.3) is 0 Å². The summed E-state index contributed by atoms with van der Waals surface area (Å²) in [4.78, 5) is 19.6. The first kappa shape index (κ1) is 18.0. The van der Waals surface area contributed by atoms with Crippen molar-refractivity contribution in [3.05, 3.63) is 30.9 Å². The molecule has 6 heterocycles. The van der Waals surface area contributed by atoms with E-state index >= 15 is 0 Å². The van der Waals surface area contributed by atoms with Gasteiger partial charge in [-0.05, 0) is 32.4 Å². The Balaban J connectivity index is 1.33. The van der Waals surface area contributed by atoms with Crippen molar-refractivity contribution < 1.29 is 0 Å². The zero-order valence-corrected chi connectivity index (χ0v) is 17.9. The van der Waals surface area contributed by atoms with Crippen LogP contribution in [0.4, 0.5) is 5.13 Å². The lowest BCUT2D eigenvalue weighted by Crippen LogP contribution is -2.41. The molecule has 4 N–H and O–H groups in total. The van der Waals surface area contributed by atoms with Crippen molar-refractivity contribution in [3.63, 3.8) is 0 Å². The molecule has 0 saturated carbocycles. The van der Waals surface area contributed by atoms with Gasteiger partial charge in [-0.3, -0.25) is 10.1 Å². The van der Waals surface area contributed by atoms with Gasteiger partial charge in [0.15, 0.2) is 14.8 Å². The number of rotatable bonds is 4. The van der Waals surface area contributed by atoms with Crippen LogP contribution in [-0.4, -0.2) is 48.8 Å². The summed E-state index contributed by atoms with van der Waals surface area (Å²) in [5.74, 6) is 0. The minimum Gasteiger partial charge on any atom is -0.359 e. The molecule has 10 heteroatoms. The molecule has 2 atom stereocenters. The fourth-order valence-corrected chi connectivity index (χ4v) is 6.11. The highest BCUT2D eigenvalue weighted by atomic mass is 32.1. The van der Waals surface area contributed by atoms with Crippen LogP contribution < -0.4 is 10.6 Å². The number of aromatic nitrogens is 6. The molecule has 0 aromatic carbocycles. The van der Waals surface area contributed by atoms with Crippen LogP contribution in [0.15, 0.2) is 30.9 Å². The number of hydrogen-bond donors (Lipinski definition) is 4. The lowest BCUT2D eigenvalue weighted by molar-refractivity contribution is 0.396. The summed E-state index contributed by atoms with van der Waals surface area (Å²) in [5, 5.41) is 17.0. The second-order valence-corrected chi connectivity index (χ2v) is 9.60. The molecule has 5 aromatic rings. The lowest BCUT2D eigenvalue weighted by Gasteiger charge is -2.28. The number of nitrogens with zero attached hydrogens (tertiary/aromatic N) is 4. The largest absolute Gasteiger partial charge is 0.359 e. The fraction of sp³-hybridized carbons (Fsp3) is 0.300. The molecule has 0 aliphatic carbocycles. The van der Waals surface area contributed by atoms with E-state index in [0.29, 0.717) is 12.1 Å². The fourth-order valence-electron chi connectivity index (χ4n) is 4.09. The molecule has 5 aromatic heterocycles. The van der Waals surface area contributed by atoms with Crippen LogP contribution in [0.25, 0.3) is 42.4 Å². The van der Waals surface area contributed by atoms with Crippen molar-refractivity contribution in [2.75, 3.05) is 11.9 Å². The molecular weight excluding hydrogens is 416 g/mol. The molecule has 1 aliphatic heterocycles. The summed E-state index contributed by atoms with van der Waals surface area (Å²) >= 11 is 3.21. The monoisotopic (exact) mass is 436 g/mol. The lowest BCUT2D eigenvalue weighted by atomic mass is 10.0. The average molecular weight is 437 g/mol. The van der Waals surface area contributed by atoms with E-state index in [0.717, 1.165) is 66.9 Å². The van der Waals surface area contributed by atoms with Gasteiger partial charge in [0.1, 0.15) is 10.7 Å². The Hall–Kier alpha value is -2.82. The zero-order chi connectivity index (χ0) is 20.1. The minimum atomic E-state index is 0.469. The van der Waals surface area contributed by atoms with E-state index in [2.05, 4.69) is 38.8 Å². The van der Waals surface area contributed by atoms with Crippen LogP contribution in [0.5, 0.6) is 0 Å². The molecular formula is C20H20N8S2. The molecule has 0 radical (unpaired) electrons. The number of thiazole rings is 2. The highest BCUT2D eigenvalue weighted by Gasteiger charge is 2.21. The Labute approximate surface area is 180 Å². The van der Waals surface area contributed by atoms with Crippen LogP contribution in [0.1, 0.15) is 19.8 Å². The summed E-state index contributed by atoms with van der Waals surface area (Å²) in [6, 6.07) is 3.08. The Morgan fingerprint density at radius 1 is 1.17 bits per heavy atom. The van der Waals surface area contributed by atoms with E-state index in [9.17, 15) is 0 Å². The summed E-state index contributed by atoms with van der Waals surface area (Å²) in [6.07, 6.45) is 9.76. The van der Waals surface area contributed by atoms with Crippen LogP contribution in [0.2, 0.25) is 0 Å². The Bertz CT molecular complexity index is 1280. The van der Waals surface area contributed by atoms with Crippen molar-refractivity contribution in [2.45, 2.75) is 31.8 Å². The van der Waals surface area contributed by atoms with Crippen LogP contribution >= 0.6 is 22.7 Å². The average Bonchev–Trinajstić information content (AvgIpc) is 3.50. The highest BCUT2D eigenvalue weighted by molar-refractivity contribution is 7.29. The van der Waals surface area contributed by atoms with E-state index in [1.807, 2.05) is 24.8 Å². The number of pyridine rings is 1. The van der Waals surface area contributed by atoms with E-state index in [-0.39, 0.29) is 0 Å². The molecule has 152 valence electrons. The number of piperidine rings is 1. The van der Waals surface area contributed by atoms with Crippen molar-refractivity contribution in [2.24, 2.45) is 0 Å². The first-order chi connectivity index (χ1) is 14.7. The van der Waals surface area contributed by atoms with Crippen molar-refractivity contribution in [1.29, 1.82) is 0 Å². The molecule has 1 aliphatic rings. The maximum Gasteiger partial charge on any atom is 0.186 e. The zero-order valence-electron chi connectivity index (χ0n) is 16.3. The van der Waals surface area contributed by atoms with Crippen LogP contribution in [0, 0.1) is 0 Å². The molecule has 1 fully saturated rings. The topological polar surface area (TPSA) is 107 Å². The number of fused-ring (bicyclic) bond motifs is 2. The van der Waals surface area contributed by atoms with E-state index < -0.39 is 0 Å². The Morgan fingerprint density at radius 3 is 2.93 bits per heavy atom. The van der Waals surface area contributed by atoms with Gasteiger partial charge in [-0.2, -0.15) is 5.10 Å². The molecule has 1 saturated heterocycles. The SMILES string of the molecule is C[C@H]1CC(Nc2nc3sc(-c4ncc(-c5cn[nH]c5)c5cc[nH]c45)nc3s2)CCN1. The number of nitrogens with one attached hydrogen (secondary N) is 4. The summed E-state index contributed by atoms with van der Waals surface area (Å²) in [5.41, 5.74) is 3.91. The van der Waals surface area contributed by atoms with Gasteiger partial charge in [-0.25, -0.2) is 9.97 Å². The summed E-state index contributed by atoms with van der Waals surface area (Å²) in [6.45, 7) is 3.28. The third-order valence-electron chi connectivity index (χ3n) is 5.54. The molecule has 8 nitrogen and oxygen atoms in total. The van der Waals surface area contributed by atoms with Gasteiger partial charge in [-0.15, -0.1) is 0 Å². The van der Waals surface area contributed by atoms with Gasteiger partial charge in [0.2, 0.25) is 0 Å². The van der Waals surface area contributed by atoms with Crippen molar-refractivity contribution in [3.8, 4) is 21.8 Å². The maximum absolute atomic E-state index is 4.85. The van der Waals surface area contributed by atoms with Crippen molar-refractivity contribution in [1.82, 2.24) is 35.5 Å². The maximum atomic E-state index is 4.85. The highest BCUT2D eigenvalue weighted by Crippen LogP contribution is 2.38. The number of hydrogen-bond acceptors (Lipinski definition) is 8.